The molecular weight excluding hydrogens is 264 g/mol. The summed E-state index contributed by atoms with van der Waals surface area (Å²) in [7, 11) is 0. The number of amides is 1. The van der Waals surface area contributed by atoms with Gasteiger partial charge >= 0.3 is 0 Å². The number of carbonyl (C=O) groups excluding carboxylic acids is 1. The van der Waals surface area contributed by atoms with Gasteiger partial charge in [-0.15, -0.1) is 0 Å². The minimum absolute atomic E-state index is 0.0164. The third-order valence-corrected chi connectivity index (χ3v) is 4.06. The Labute approximate surface area is 127 Å². The molecule has 1 aromatic heterocycles. The SMILES string of the molecule is CCCC1CCCN(C(=O)c2cnc(NCC)cn2)CC1. The van der Waals surface area contributed by atoms with E-state index < -0.39 is 0 Å². The highest BCUT2D eigenvalue weighted by atomic mass is 16.2. The van der Waals surface area contributed by atoms with Crippen LogP contribution in [0.25, 0.3) is 0 Å². The van der Waals surface area contributed by atoms with Crippen molar-refractivity contribution in [3.63, 3.8) is 0 Å². The summed E-state index contributed by atoms with van der Waals surface area (Å²) in [6.07, 6.45) is 9.17. The zero-order valence-corrected chi connectivity index (χ0v) is 13.1. The molecule has 1 N–H and O–H groups in total. The first-order chi connectivity index (χ1) is 10.2. The van der Waals surface area contributed by atoms with Crippen molar-refractivity contribution in [2.24, 2.45) is 5.92 Å². The van der Waals surface area contributed by atoms with Gasteiger partial charge in [0, 0.05) is 19.6 Å². The van der Waals surface area contributed by atoms with Crippen LogP contribution in [0.4, 0.5) is 5.82 Å². The highest BCUT2D eigenvalue weighted by Crippen LogP contribution is 2.22. The van der Waals surface area contributed by atoms with E-state index in [0.29, 0.717) is 11.5 Å². The van der Waals surface area contributed by atoms with Crippen molar-refractivity contribution >= 4 is 11.7 Å². The van der Waals surface area contributed by atoms with Gasteiger partial charge in [-0.3, -0.25) is 4.79 Å². The van der Waals surface area contributed by atoms with Crippen molar-refractivity contribution in [1.82, 2.24) is 14.9 Å². The number of anilines is 1. The Morgan fingerprint density at radius 3 is 2.81 bits per heavy atom. The number of nitrogens with one attached hydrogen (secondary N) is 1. The number of hydrogen-bond donors (Lipinski definition) is 1. The summed E-state index contributed by atoms with van der Waals surface area (Å²) >= 11 is 0. The van der Waals surface area contributed by atoms with Crippen molar-refractivity contribution in [1.29, 1.82) is 0 Å². The molecule has 116 valence electrons. The highest BCUT2D eigenvalue weighted by Gasteiger charge is 2.22. The summed E-state index contributed by atoms with van der Waals surface area (Å²) in [4.78, 5) is 22.9. The van der Waals surface area contributed by atoms with E-state index in [-0.39, 0.29) is 5.91 Å². The van der Waals surface area contributed by atoms with Gasteiger partial charge in [-0.25, -0.2) is 9.97 Å². The van der Waals surface area contributed by atoms with Crippen LogP contribution in [0.5, 0.6) is 0 Å². The summed E-state index contributed by atoms with van der Waals surface area (Å²) in [5.41, 5.74) is 0.450. The third-order valence-electron chi connectivity index (χ3n) is 4.06. The van der Waals surface area contributed by atoms with Crippen LogP contribution in [0.3, 0.4) is 0 Å². The molecule has 0 bridgehead atoms. The summed E-state index contributed by atoms with van der Waals surface area (Å²) in [5.74, 6) is 1.51. The molecular formula is C16H26N4O. The lowest BCUT2D eigenvalue weighted by Crippen LogP contribution is -2.32. The molecule has 0 saturated carbocycles. The number of rotatable bonds is 5. The molecule has 5 nitrogen and oxygen atoms in total. The second kappa shape index (κ2) is 7.96. The van der Waals surface area contributed by atoms with Crippen molar-refractivity contribution in [3.05, 3.63) is 18.1 Å². The predicted octanol–water partition coefficient (Wildman–Crippen LogP) is 2.95. The Hall–Kier alpha value is -1.65. The molecule has 21 heavy (non-hydrogen) atoms. The topological polar surface area (TPSA) is 58.1 Å². The highest BCUT2D eigenvalue weighted by molar-refractivity contribution is 5.92. The molecule has 1 aliphatic heterocycles. The zero-order chi connectivity index (χ0) is 15.1. The molecule has 0 spiro atoms. The van der Waals surface area contributed by atoms with Gasteiger partial charge in [-0.2, -0.15) is 0 Å². The summed E-state index contributed by atoms with van der Waals surface area (Å²) in [6.45, 7) is 6.72. The van der Waals surface area contributed by atoms with E-state index in [1.165, 1.54) is 19.3 Å². The molecule has 0 aliphatic carbocycles. The fourth-order valence-corrected chi connectivity index (χ4v) is 2.94. The standard InChI is InChI=1S/C16H26N4O/c1-3-6-13-7-5-9-20(10-8-13)16(21)14-11-19-15(12-18-14)17-4-2/h11-13H,3-10H2,1-2H3,(H,17,19). The lowest BCUT2D eigenvalue weighted by molar-refractivity contribution is 0.0753. The fourth-order valence-electron chi connectivity index (χ4n) is 2.94. The largest absolute Gasteiger partial charge is 0.369 e. The zero-order valence-electron chi connectivity index (χ0n) is 13.1. The van der Waals surface area contributed by atoms with Crippen LogP contribution in [0.1, 0.15) is 56.4 Å². The van der Waals surface area contributed by atoms with Crippen LogP contribution in [0.2, 0.25) is 0 Å². The minimum Gasteiger partial charge on any atom is -0.369 e. The first kappa shape index (κ1) is 15.7. The molecule has 1 saturated heterocycles. The van der Waals surface area contributed by atoms with Crippen molar-refractivity contribution < 1.29 is 4.79 Å². The van der Waals surface area contributed by atoms with Gasteiger partial charge in [-0.05, 0) is 32.1 Å². The number of carbonyl (C=O) groups is 1. The molecule has 5 heteroatoms. The van der Waals surface area contributed by atoms with E-state index in [1.807, 2.05) is 11.8 Å². The summed E-state index contributed by atoms with van der Waals surface area (Å²) < 4.78 is 0. The monoisotopic (exact) mass is 290 g/mol. The lowest BCUT2D eigenvalue weighted by Gasteiger charge is -2.20. The normalized spacial score (nSPS) is 19.1. The van der Waals surface area contributed by atoms with Crippen LogP contribution in [-0.2, 0) is 0 Å². The summed E-state index contributed by atoms with van der Waals surface area (Å²) in [6, 6.07) is 0. The van der Waals surface area contributed by atoms with E-state index >= 15 is 0 Å². The number of hydrogen-bond acceptors (Lipinski definition) is 4. The van der Waals surface area contributed by atoms with Crippen LogP contribution >= 0.6 is 0 Å². The van der Waals surface area contributed by atoms with Crippen LogP contribution in [-0.4, -0.2) is 40.4 Å². The first-order valence-corrected chi connectivity index (χ1v) is 8.09. The average molecular weight is 290 g/mol. The molecule has 0 aromatic carbocycles. The fraction of sp³-hybridized carbons (Fsp3) is 0.688. The van der Waals surface area contributed by atoms with E-state index in [1.54, 1.807) is 12.4 Å². The predicted molar refractivity (Wildman–Crippen MR) is 84.3 cm³/mol. The van der Waals surface area contributed by atoms with Gasteiger partial charge in [0.25, 0.3) is 5.91 Å². The number of aromatic nitrogens is 2. The smallest absolute Gasteiger partial charge is 0.274 e. The van der Waals surface area contributed by atoms with Gasteiger partial charge in [0.2, 0.25) is 0 Å². The molecule has 1 aromatic rings. The number of likely N-dealkylation sites (tertiary alicyclic amines) is 1. The molecule has 1 aliphatic rings. The molecule has 2 rings (SSSR count). The van der Waals surface area contributed by atoms with Gasteiger partial charge in [0.15, 0.2) is 0 Å². The Bertz CT molecular complexity index is 446. The van der Waals surface area contributed by atoms with Gasteiger partial charge in [0.05, 0.1) is 12.4 Å². The maximum absolute atomic E-state index is 12.5. The van der Waals surface area contributed by atoms with Crippen LogP contribution < -0.4 is 5.32 Å². The van der Waals surface area contributed by atoms with Gasteiger partial charge in [-0.1, -0.05) is 19.8 Å². The molecule has 1 unspecified atom stereocenters. The quantitative estimate of drug-likeness (QED) is 0.906. The lowest BCUT2D eigenvalue weighted by atomic mass is 9.96. The average Bonchev–Trinajstić information content (AvgIpc) is 2.74. The minimum atomic E-state index is 0.0164. The molecule has 2 heterocycles. The van der Waals surface area contributed by atoms with Crippen LogP contribution in [0, 0.1) is 5.92 Å². The Morgan fingerprint density at radius 1 is 1.29 bits per heavy atom. The van der Waals surface area contributed by atoms with E-state index in [4.69, 9.17) is 0 Å². The van der Waals surface area contributed by atoms with Crippen molar-refractivity contribution in [2.75, 3.05) is 25.0 Å². The Kier molecular flexibility index (Phi) is 5.96. The second-order valence-electron chi connectivity index (χ2n) is 5.70. The van der Waals surface area contributed by atoms with Crippen LogP contribution in [0.15, 0.2) is 12.4 Å². The molecule has 1 atom stereocenters. The maximum Gasteiger partial charge on any atom is 0.274 e. The van der Waals surface area contributed by atoms with Gasteiger partial charge in [0.1, 0.15) is 11.5 Å². The maximum atomic E-state index is 12.5. The van der Waals surface area contributed by atoms with Gasteiger partial charge < -0.3 is 10.2 Å². The summed E-state index contributed by atoms with van der Waals surface area (Å²) in [5, 5.41) is 3.08. The second-order valence-corrected chi connectivity index (χ2v) is 5.70. The van der Waals surface area contributed by atoms with E-state index in [9.17, 15) is 4.79 Å². The first-order valence-electron chi connectivity index (χ1n) is 8.09. The van der Waals surface area contributed by atoms with Crippen molar-refractivity contribution in [3.8, 4) is 0 Å². The Morgan fingerprint density at radius 2 is 2.14 bits per heavy atom. The number of nitrogens with zero attached hydrogens (tertiary/aromatic N) is 3. The molecule has 1 amide bonds. The Balaban J connectivity index is 1.95. The third kappa shape index (κ3) is 4.41. The van der Waals surface area contributed by atoms with E-state index in [0.717, 1.165) is 38.4 Å². The molecule has 0 radical (unpaired) electrons. The molecule has 1 fully saturated rings. The van der Waals surface area contributed by atoms with Crippen molar-refractivity contribution in [2.45, 2.75) is 46.0 Å². The van der Waals surface area contributed by atoms with E-state index in [2.05, 4.69) is 22.2 Å².